The lowest BCUT2D eigenvalue weighted by molar-refractivity contribution is -0.386. The first-order valence-corrected chi connectivity index (χ1v) is 6.38. The van der Waals surface area contributed by atoms with Crippen molar-refractivity contribution in [3.05, 3.63) is 27.8 Å². The van der Waals surface area contributed by atoms with E-state index in [0.717, 1.165) is 19.2 Å². The quantitative estimate of drug-likeness (QED) is 0.356. The topological polar surface area (TPSA) is 104 Å². The number of carbonyl (C=O) groups excluding carboxylic acids is 1. The molecule has 0 bridgehead atoms. The van der Waals surface area contributed by atoms with Crippen molar-refractivity contribution in [3.8, 4) is 5.75 Å². The van der Waals surface area contributed by atoms with Gasteiger partial charge in [-0.25, -0.2) is 8.42 Å². The third-order valence-corrected chi connectivity index (χ3v) is 3.21. The van der Waals surface area contributed by atoms with Gasteiger partial charge in [-0.15, -0.1) is 0 Å². The molecule has 0 atom stereocenters. The van der Waals surface area contributed by atoms with Gasteiger partial charge in [-0.05, 0) is 6.07 Å². The zero-order valence-electron chi connectivity index (χ0n) is 8.41. The van der Waals surface area contributed by atoms with Crippen molar-refractivity contribution in [2.45, 2.75) is 4.90 Å². The average molecular weight is 280 g/mol. The zero-order valence-corrected chi connectivity index (χ0v) is 9.99. The van der Waals surface area contributed by atoms with Gasteiger partial charge in [-0.1, -0.05) is 0 Å². The van der Waals surface area contributed by atoms with Crippen molar-refractivity contribution >= 4 is 31.7 Å². The van der Waals surface area contributed by atoms with E-state index in [-0.39, 0.29) is 17.6 Å². The fourth-order valence-electron chi connectivity index (χ4n) is 1.20. The zero-order chi connectivity index (χ0) is 13.2. The fraction of sp³-hybridized carbons (Fsp3) is 0.125. The van der Waals surface area contributed by atoms with Crippen molar-refractivity contribution in [3.63, 3.8) is 0 Å². The molecule has 7 nitrogen and oxygen atoms in total. The molecule has 0 aliphatic carbocycles. The summed E-state index contributed by atoms with van der Waals surface area (Å²) in [7, 11) is 2.02. The number of hydrogen-bond acceptors (Lipinski definition) is 6. The fourth-order valence-corrected chi connectivity index (χ4v) is 1.98. The van der Waals surface area contributed by atoms with E-state index in [1.54, 1.807) is 0 Å². The van der Waals surface area contributed by atoms with E-state index in [9.17, 15) is 23.3 Å². The van der Waals surface area contributed by atoms with Gasteiger partial charge >= 0.3 is 5.69 Å². The molecule has 0 saturated heterocycles. The van der Waals surface area contributed by atoms with Crippen LogP contribution in [0.15, 0.2) is 17.0 Å². The number of carbonyl (C=O) groups is 1. The summed E-state index contributed by atoms with van der Waals surface area (Å²) in [4.78, 5) is 20.0. The third kappa shape index (κ3) is 2.71. The molecular weight excluding hydrogens is 274 g/mol. The summed E-state index contributed by atoms with van der Waals surface area (Å²) < 4.78 is 26.8. The molecule has 9 heteroatoms. The molecule has 0 aromatic heterocycles. The van der Waals surface area contributed by atoms with E-state index >= 15 is 0 Å². The van der Waals surface area contributed by atoms with Crippen LogP contribution in [0.4, 0.5) is 5.69 Å². The maximum Gasteiger partial charge on any atom is 0.313 e. The van der Waals surface area contributed by atoms with Gasteiger partial charge in [0.2, 0.25) is 5.75 Å². The Balaban J connectivity index is 3.69. The molecule has 1 aromatic rings. The van der Waals surface area contributed by atoms with E-state index in [4.69, 9.17) is 10.7 Å². The number of nitro benzene ring substituents is 1. The minimum atomic E-state index is -4.16. The maximum atomic E-state index is 11.1. The molecule has 0 aliphatic rings. The number of rotatable bonds is 4. The highest BCUT2D eigenvalue weighted by atomic mass is 35.7. The molecule has 1 aromatic carbocycles. The first kappa shape index (κ1) is 13.4. The van der Waals surface area contributed by atoms with Gasteiger partial charge < -0.3 is 4.74 Å². The minimum absolute atomic E-state index is 0.247. The SMILES string of the molecule is COc1c(C=O)cc(S(=O)(=O)Cl)cc1[N+](=O)[O-]. The van der Waals surface area contributed by atoms with Gasteiger partial charge in [0.1, 0.15) is 0 Å². The normalized spacial score (nSPS) is 10.9. The van der Waals surface area contributed by atoms with Gasteiger partial charge in [-0.3, -0.25) is 14.9 Å². The van der Waals surface area contributed by atoms with E-state index in [2.05, 4.69) is 4.74 Å². The van der Waals surface area contributed by atoms with Crippen LogP contribution in [-0.2, 0) is 9.05 Å². The summed E-state index contributed by atoms with van der Waals surface area (Å²) in [6.07, 6.45) is 0.247. The van der Waals surface area contributed by atoms with Gasteiger partial charge in [0, 0.05) is 16.7 Å². The number of benzene rings is 1. The van der Waals surface area contributed by atoms with E-state index in [1.807, 2.05) is 0 Å². The minimum Gasteiger partial charge on any atom is -0.490 e. The maximum absolute atomic E-state index is 11.1. The highest BCUT2D eigenvalue weighted by molar-refractivity contribution is 8.13. The number of halogens is 1. The molecule has 0 N–H and O–H groups in total. The third-order valence-electron chi connectivity index (χ3n) is 1.88. The highest BCUT2D eigenvalue weighted by Gasteiger charge is 2.24. The average Bonchev–Trinajstić information content (AvgIpc) is 2.25. The lowest BCUT2D eigenvalue weighted by Crippen LogP contribution is -2.01. The van der Waals surface area contributed by atoms with Crippen LogP contribution in [0.1, 0.15) is 10.4 Å². The van der Waals surface area contributed by atoms with Crippen LogP contribution in [0.3, 0.4) is 0 Å². The summed E-state index contributed by atoms with van der Waals surface area (Å²) in [6.45, 7) is 0. The van der Waals surface area contributed by atoms with Crippen LogP contribution in [0.5, 0.6) is 5.75 Å². The molecule has 92 valence electrons. The van der Waals surface area contributed by atoms with E-state index in [0.29, 0.717) is 0 Å². The Labute approximate surface area is 101 Å². The Bertz CT molecular complexity index is 582. The molecule has 0 spiro atoms. The molecule has 0 fully saturated rings. The summed E-state index contributed by atoms with van der Waals surface area (Å²) in [5, 5.41) is 10.7. The summed E-state index contributed by atoms with van der Waals surface area (Å²) in [5.74, 6) is -0.311. The molecule has 17 heavy (non-hydrogen) atoms. The second-order valence-electron chi connectivity index (χ2n) is 2.88. The van der Waals surface area contributed by atoms with Crippen LogP contribution in [0.25, 0.3) is 0 Å². The number of aldehydes is 1. The predicted octanol–water partition coefficient (Wildman–Crippen LogP) is 1.34. The highest BCUT2D eigenvalue weighted by Crippen LogP contribution is 2.33. The first-order valence-electron chi connectivity index (χ1n) is 4.07. The second kappa shape index (κ2) is 4.68. The van der Waals surface area contributed by atoms with Gasteiger partial charge in [0.25, 0.3) is 9.05 Å². The number of nitro groups is 1. The second-order valence-corrected chi connectivity index (χ2v) is 5.44. The van der Waals surface area contributed by atoms with Gasteiger partial charge in [0.15, 0.2) is 6.29 Å². The molecular formula is C8H6ClNO6S. The summed E-state index contributed by atoms with van der Waals surface area (Å²) >= 11 is 0. The monoisotopic (exact) mass is 279 g/mol. The number of ether oxygens (including phenoxy) is 1. The summed E-state index contributed by atoms with van der Waals surface area (Å²) in [5.41, 5.74) is -0.905. The van der Waals surface area contributed by atoms with Crippen molar-refractivity contribution in [2.75, 3.05) is 7.11 Å². The Morgan fingerprint density at radius 1 is 1.47 bits per heavy atom. The Morgan fingerprint density at radius 2 is 2.06 bits per heavy atom. The lowest BCUT2D eigenvalue weighted by Gasteiger charge is -2.05. The van der Waals surface area contributed by atoms with Gasteiger partial charge in [-0.2, -0.15) is 0 Å². The molecule has 0 radical (unpaired) electrons. The van der Waals surface area contributed by atoms with Crippen molar-refractivity contribution in [1.29, 1.82) is 0 Å². The van der Waals surface area contributed by atoms with E-state index in [1.165, 1.54) is 0 Å². The smallest absolute Gasteiger partial charge is 0.313 e. The van der Waals surface area contributed by atoms with Crippen LogP contribution < -0.4 is 4.74 Å². The number of nitrogens with zero attached hydrogens (tertiary/aromatic N) is 1. The number of methoxy groups -OCH3 is 1. The largest absolute Gasteiger partial charge is 0.490 e. The Hall–Kier alpha value is -1.67. The van der Waals surface area contributed by atoms with Crippen LogP contribution in [0.2, 0.25) is 0 Å². The number of hydrogen-bond donors (Lipinski definition) is 0. The van der Waals surface area contributed by atoms with Crippen molar-refractivity contribution in [2.24, 2.45) is 0 Å². The Kier molecular flexibility index (Phi) is 3.69. The van der Waals surface area contributed by atoms with Crippen LogP contribution >= 0.6 is 10.7 Å². The molecule has 0 saturated carbocycles. The molecule has 0 aliphatic heterocycles. The Morgan fingerprint density at radius 3 is 2.41 bits per heavy atom. The van der Waals surface area contributed by atoms with Crippen LogP contribution in [0, 0.1) is 10.1 Å². The van der Waals surface area contributed by atoms with E-state index < -0.39 is 24.6 Å². The van der Waals surface area contributed by atoms with Gasteiger partial charge in [0.05, 0.1) is 22.5 Å². The molecule has 1 rings (SSSR count). The summed E-state index contributed by atoms with van der Waals surface area (Å²) in [6, 6.07) is 1.63. The molecule has 0 unspecified atom stereocenters. The van der Waals surface area contributed by atoms with Crippen molar-refractivity contribution in [1.82, 2.24) is 0 Å². The van der Waals surface area contributed by atoms with Crippen LogP contribution in [-0.4, -0.2) is 26.7 Å². The predicted molar refractivity (Wildman–Crippen MR) is 58.1 cm³/mol. The lowest BCUT2D eigenvalue weighted by atomic mass is 10.2. The molecule has 0 heterocycles. The standard InChI is InChI=1S/C8H6ClNO6S/c1-16-8-5(4-11)2-6(17(9,14)15)3-7(8)10(12)13/h2-4H,1H3. The molecule has 0 amide bonds. The first-order chi connectivity index (χ1) is 7.81. The van der Waals surface area contributed by atoms with Crippen molar-refractivity contribution < 1.29 is 22.9 Å².